The van der Waals surface area contributed by atoms with Crippen molar-refractivity contribution in [2.24, 2.45) is 0 Å². The van der Waals surface area contributed by atoms with Crippen LogP contribution in [0.1, 0.15) is 29.8 Å². The van der Waals surface area contributed by atoms with Gasteiger partial charge in [0.2, 0.25) is 0 Å². The summed E-state index contributed by atoms with van der Waals surface area (Å²) in [6.07, 6.45) is 6.57. The maximum Gasteiger partial charge on any atom is 0.269 e. The van der Waals surface area contributed by atoms with Gasteiger partial charge < -0.3 is 10.3 Å². The summed E-state index contributed by atoms with van der Waals surface area (Å²) in [5, 5.41) is 3.01. The highest BCUT2D eigenvalue weighted by molar-refractivity contribution is 14.1. The van der Waals surface area contributed by atoms with Gasteiger partial charge in [0.05, 0.1) is 12.5 Å². The highest BCUT2D eigenvalue weighted by Crippen LogP contribution is 2.26. The highest BCUT2D eigenvalue weighted by Gasteiger charge is 2.26. The van der Waals surface area contributed by atoms with Crippen LogP contribution in [0.3, 0.4) is 0 Å². The molecule has 14 heavy (non-hydrogen) atoms. The summed E-state index contributed by atoms with van der Waals surface area (Å²) in [7, 11) is 0. The van der Waals surface area contributed by atoms with Crippen molar-refractivity contribution in [2.75, 3.05) is 0 Å². The molecule has 0 bridgehead atoms. The van der Waals surface area contributed by atoms with E-state index >= 15 is 0 Å². The topological polar surface area (TPSA) is 57.8 Å². The lowest BCUT2D eigenvalue weighted by atomic mass is 10.2. The first-order valence-corrected chi connectivity index (χ1v) is 5.95. The zero-order valence-electron chi connectivity index (χ0n) is 7.66. The van der Waals surface area contributed by atoms with Gasteiger partial charge in [-0.1, -0.05) is 29.0 Å². The number of aromatic nitrogens is 2. The summed E-state index contributed by atoms with van der Waals surface area (Å²) in [6.45, 7) is 0. The summed E-state index contributed by atoms with van der Waals surface area (Å²) >= 11 is 2.40. The van der Waals surface area contributed by atoms with E-state index in [0.29, 0.717) is 15.7 Å². The van der Waals surface area contributed by atoms with Crippen molar-refractivity contribution < 1.29 is 4.79 Å². The summed E-state index contributed by atoms with van der Waals surface area (Å²) < 4.78 is 0.569. The Morgan fingerprint density at radius 1 is 1.64 bits per heavy atom. The fraction of sp³-hybridized carbons (Fsp3) is 0.556. The van der Waals surface area contributed by atoms with Gasteiger partial charge in [-0.2, -0.15) is 0 Å². The molecule has 0 spiro atoms. The monoisotopic (exact) mass is 305 g/mol. The molecule has 1 fully saturated rings. The number of carbonyl (C=O) groups is 1. The summed E-state index contributed by atoms with van der Waals surface area (Å²) in [4.78, 5) is 18.2. The van der Waals surface area contributed by atoms with E-state index in [1.54, 1.807) is 6.20 Å². The Morgan fingerprint density at radius 2 is 2.50 bits per heavy atom. The summed E-state index contributed by atoms with van der Waals surface area (Å²) in [5.74, 6) is -0.0453. The van der Waals surface area contributed by atoms with Crippen molar-refractivity contribution in [2.45, 2.75) is 29.2 Å². The molecule has 5 heteroatoms. The molecule has 2 N–H and O–H groups in total. The van der Waals surface area contributed by atoms with Gasteiger partial charge in [0, 0.05) is 9.97 Å². The smallest absolute Gasteiger partial charge is 0.269 e. The highest BCUT2D eigenvalue weighted by atomic mass is 127. The lowest BCUT2D eigenvalue weighted by Crippen LogP contribution is -2.37. The van der Waals surface area contributed by atoms with Crippen molar-refractivity contribution in [3.63, 3.8) is 0 Å². The minimum atomic E-state index is -0.0453. The van der Waals surface area contributed by atoms with Crippen molar-refractivity contribution >= 4 is 28.5 Å². The Kier molecular flexibility index (Phi) is 3.05. The molecule has 2 rings (SSSR count). The van der Waals surface area contributed by atoms with Crippen LogP contribution in [0.2, 0.25) is 0 Å². The molecule has 0 aliphatic heterocycles. The number of H-pyrrole nitrogens is 1. The molecule has 1 saturated carbocycles. The third kappa shape index (κ3) is 2.08. The first-order valence-electron chi connectivity index (χ1n) is 4.70. The van der Waals surface area contributed by atoms with E-state index in [0.717, 1.165) is 6.42 Å². The molecule has 1 aromatic rings. The van der Waals surface area contributed by atoms with E-state index in [9.17, 15) is 4.79 Å². The number of nitrogens with zero attached hydrogens (tertiary/aromatic N) is 1. The van der Waals surface area contributed by atoms with E-state index in [2.05, 4.69) is 37.9 Å². The van der Waals surface area contributed by atoms with Crippen LogP contribution in [0, 0.1) is 0 Å². The van der Waals surface area contributed by atoms with Crippen molar-refractivity contribution in [3.05, 3.63) is 18.2 Å². The first-order chi connectivity index (χ1) is 6.77. The molecule has 0 aromatic carbocycles. The quantitative estimate of drug-likeness (QED) is 0.642. The Bertz CT molecular complexity index is 312. The number of hydrogen-bond donors (Lipinski definition) is 2. The first kappa shape index (κ1) is 9.95. The second-order valence-corrected chi connectivity index (χ2v) is 5.09. The van der Waals surface area contributed by atoms with E-state index in [1.165, 1.54) is 19.2 Å². The molecule has 1 heterocycles. The molecule has 76 valence electrons. The maximum atomic E-state index is 11.6. The van der Waals surface area contributed by atoms with E-state index in [1.807, 2.05) is 0 Å². The number of alkyl halides is 1. The Labute approximate surface area is 96.0 Å². The molecular formula is C9H12IN3O. The predicted molar refractivity (Wildman–Crippen MR) is 61.5 cm³/mol. The summed E-state index contributed by atoms with van der Waals surface area (Å²) in [5.41, 5.74) is 0.542. The van der Waals surface area contributed by atoms with Crippen LogP contribution in [0.25, 0.3) is 0 Å². The maximum absolute atomic E-state index is 11.6. The molecule has 1 aliphatic carbocycles. The molecular weight excluding hydrogens is 293 g/mol. The minimum absolute atomic E-state index is 0.0453. The van der Waals surface area contributed by atoms with Crippen LogP contribution in [0.5, 0.6) is 0 Å². The molecule has 0 saturated heterocycles. The zero-order chi connectivity index (χ0) is 9.97. The Hall–Kier alpha value is -0.590. The largest absolute Gasteiger partial charge is 0.347 e. The number of imidazole rings is 1. The van der Waals surface area contributed by atoms with Crippen LogP contribution in [-0.4, -0.2) is 25.8 Å². The summed E-state index contributed by atoms with van der Waals surface area (Å²) in [6, 6.07) is 0.325. The number of carbonyl (C=O) groups excluding carboxylic acids is 1. The van der Waals surface area contributed by atoms with Gasteiger partial charge in [-0.05, 0) is 12.8 Å². The molecule has 2 atom stereocenters. The van der Waals surface area contributed by atoms with Crippen LogP contribution >= 0.6 is 22.6 Å². The number of halogens is 1. The number of hydrogen-bond acceptors (Lipinski definition) is 2. The van der Waals surface area contributed by atoms with Crippen LogP contribution < -0.4 is 5.32 Å². The van der Waals surface area contributed by atoms with Crippen molar-refractivity contribution in [1.29, 1.82) is 0 Å². The van der Waals surface area contributed by atoms with E-state index < -0.39 is 0 Å². The van der Waals surface area contributed by atoms with E-state index in [-0.39, 0.29) is 5.91 Å². The Morgan fingerprint density at radius 3 is 3.07 bits per heavy atom. The van der Waals surface area contributed by atoms with Gasteiger partial charge in [0.1, 0.15) is 5.69 Å². The van der Waals surface area contributed by atoms with Crippen molar-refractivity contribution in [3.8, 4) is 0 Å². The van der Waals surface area contributed by atoms with Crippen LogP contribution in [0.15, 0.2) is 12.5 Å². The second-order valence-electron chi connectivity index (χ2n) is 3.49. The molecule has 1 aromatic heterocycles. The van der Waals surface area contributed by atoms with Gasteiger partial charge in [-0.15, -0.1) is 0 Å². The molecule has 0 unspecified atom stereocenters. The van der Waals surface area contributed by atoms with Gasteiger partial charge in [0.15, 0.2) is 0 Å². The third-order valence-corrected chi connectivity index (χ3v) is 3.98. The number of aromatic amines is 1. The molecule has 1 amide bonds. The molecule has 4 nitrogen and oxygen atoms in total. The van der Waals surface area contributed by atoms with Crippen molar-refractivity contribution in [1.82, 2.24) is 15.3 Å². The fourth-order valence-electron chi connectivity index (χ4n) is 1.70. The zero-order valence-corrected chi connectivity index (χ0v) is 9.82. The van der Waals surface area contributed by atoms with Gasteiger partial charge in [0.25, 0.3) is 5.91 Å². The standard InChI is InChI=1S/C9H12IN3O/c10-6-2-1-3-7(6)13-9(14)8-4-11-5-12-8/h4-7H,1-3H2,(H,11,12)(H,13,14)/t6-,7-/m0/s1. The van der Waals surface area contributed by atoms with Gasteiger partial charge >= 0.3 is 0 Å². The van der Waals surface area contributed by atoms with E-state index in [4.69, 9.17) is 0 Å². The molecule has 1 aliphatic rings. The second kappa shape index (κ2) is 4.29. The lowest BCUT2D eigenvalue weighted by molar-refractivity contribution is 0.0935. The third-order valence-electron chi connectivity index (χ3n) is 2.49. The lowest BCUT2D eigenvalue weighted by Gasteiger charge is -2.15. The average Bonchev–Trinajstić information content (AvgIpc) is 2.77. The normalized spacial score (nSPS) is 26.4. The predicted octanol–water partition coefficient (Wildman–Crippen LogP) is 1.50. The molecule has 0 radical (unpaired) electrons. The number of amides is 1. The fourth-order valence-corrected chi connectivity index (χ4v) is 2.68. The average molecular weight is 305 g/mol. The number of rotatable bonds is 2. The Balaban J connectivity index is 1.95. The van der Waals surface area contributed by atoms with Crippen LogP contribution in [0.4, 0.5) is 0 Å². The van der Waals surface area contributed by atoms with Gasteiger partial charge in [-0.3, -0.25) is 4.79 Å². The van der Waals surface area contributed by atoms with Crippen LogP contribution in [-0.2, 0) is 0 Å². The van der Waals surface area contributed by atoms with Gasteiger partial charge in [-0.25, -0.2) is 4.98 Å². The number of nitrogens with one attached hydrogen (secondary N) is 2. The SMILES string of the molecule is O=C(N[C@H]1CCC[C@@H]1I)c1cnc[nH]1. The minimum Gasteiger partial charge on any atom is -0.347 e.